The van der Waals surface area contributed by atoms with Crippen LogP contribution >= 0.6 is 34.7 Å². The van der Waals surface area contributed by atoms with Gasteiger partial charge in [0.2, 0.25) is 0 Å². The Labute approximate surface area is 198 Å². The number of nitrogens with zero attached hydrogens (tertiary/aromatic N) is 3. The highest BCUT2D eigenvalue weighted by atomic mass is 35.5. The first-order chi connectivity index (χ1) is 15.5. The lowest BCUT2D eigenvalue weighted by atomic mass is 10.2. The standard InChI is InChI=1S/C23H20ClN3O3S2/c1-4-10-27-22(28)16-9-8-14(24)11-18(16)26-23(27)32-13-15-12-31-21(25-15)17-6-5-7-19(29-2)20(17)30-3/h4-9,11-12H,1,10,13H2,2-3H3. The lowest BCUT2D eigenvalue weighted by Gasteiger charge is -2.11. The van der Waals surface area contributed by atoms with Gasteiger partial charge in [-0.15, -0.1) is 17.9 Å². The average molecular weight is 486 g/mol. The van der Waals surface area contributed by atoms with Crippen LogP contribution in [0, 0.1) is 0 Å². The monoisotopic (exact) mass is 485 g/mol. The molecule has 0 saturated heterocycles. The normalized spacial score (nSPS) is 11.0. The molecule has 0 radical (unpaired) electrons. The number of thiazole rings is 1. The SMILES string of the molecule is C=CCn1c(SCc2csc(-c3cccc(OC)c3OC)n2)nc2cc(Cl)ccc2c1=O. The molecule has 0 N–H and O–H groups in total. The predicted octanol–water partition coefficient (Wildman–Crippen LogP) is 5.67. The minimum Gasteiger partial charge on any atom is -0.493 e. The van der Waals surface area contributed by atoms with E-state index >= 15 is 0 Å². The number of thioether (sulfide) groups is 1. The maximum atomic E-state index is 13.0. The van der Waals surface area contributed by atoms with Crippen molar-refractivity contribution in [3.63, 3.8) is 0 Å². The number of halogens is 1. The van der Waals surface area contributed by atoms with E-state index < -0.39 is 0 Å². The largest absolute Gasteiger partial charge is 0.493 e. The summed E-state index contributed by atoms with van der Waals surface area (Å²) in [5.74, 6) is 1.86. The van der Waals surface area contributed by atoms with Crippen molar-refractivity contribution >= 4 is 45.6 Å². The molecule has 0 amide bonds. The maximum absolute atomic E-state index is 13.0. The predicted molar refractivity (Wildman–Crippen MR) is 131 cm³/mol. The van der Waals surface area contributed by atoms with Gasteiger partial charge in [0, 0.05) is 22.7 Å². The molecule has 6 nitrogen and oxygen atoms in total. The lowest BCUT2D eigenvalue weighted by molar-refractivity contribution is 0.356. The Bertz CT molecular complexity index is 1350. The highest BCUT2D eigenvalue weighted by molar-refractivity contribution is 7.98. The molecule has 0 aliphatic heterocycles. The number of hydrogen-bond acceptors (Lipinski definition) is 7. The first-order valence-electron chi connectivity index (χ1n) is 9.65. The van der Waals surface area contributed by atoms with Crippen LogP contribution in [-0.2, 0) is 12.3 Å². The average Bonchev–Trinajstić information content (AvgIpc) is 3.28. The van der Waals surface area contributed by atoms with Gasteiger partial charge >= 0.3 is 0 Å². The fourth-order valence-corrected chi connectivity index (χ4v) is 5.28. The third-order valence-electron chi connectivity index (χ3n) is 4.73. The zero-order valence-corrected chi connectivity index (χ0v) is 19.9. The van der Waals surface area contributed by atoms with Gasteiger partial charge in [0.05, 0.1) is 36.4 Å². The summed E-state index contributed by atoms with van der Waals surface area (Å²) >= 11 is 9.08. The van der Waals surface area contributed by atoms with E-state index in [0.717, 1.165) is 16.3 Å². The molecule has 32 heavy (non-hydrogen) atoms. The van der Waals surface area contributed by atoms with Gasteiger partial charge in [0.15, 0.2) is 16.7 Å². The van der Waals surface area contributed by atoms with Crippen molar-refractivity contribution < 1.29 is 9.47 Å². The molecule has 164 valence electrons. The van der Waals surface area contributed by atoms with Crippen LogP contribution in [0.5, 0.6) is 11.5 Å². The second-order valence-corrected chi connectivity index (χ2v) is 8.97. The van der Waals surface area contributed by atoms with Crippen molar-refractivity contribution in [2.45, 2.75) is 17.5 Å². The van der Waals surface area contributed by atoms with Crippen LogP contribution in [0.1, 0.15) is 5.69 Å². The fourth-order valence-electron chi connectivity index (χ4n) is 3.27. The van der Waals surface area contributed by atoms with Crippen molar-refractivity contribution in [3.05, 3.63) is 75.5 Å². The highest BCUT2D eigenvalue weighted by Crippen LogP contribution is 2.39. The number of aromatic nitrogens is 3. The van der Waals surface area contributed by atoms with Gasteiger partial charge in [-0.2, -0.15) is 0 Å². The number of benzene rings is 2. The van der Waals surface area contributed by atoms with E-state index in [-0.39, 0.29) is 5.56 Å². The topological polar surface area (TPSA) is 66.2 Å². The van der Waals surface area contributed by atoms with Crippen LogP contribution in [0.25, 0.3) is 21.5 Å². The molecule has 0 atom stereocenters. The zero-order chi connectivity index (χ0) is 22.7. The molecule has 4 aromatic rings. The third-order valence-corrected chi connectivity index (χ3v) is 6.90. The fraction of sp³-hybridized carbons (Fsp3) is 0.174. The smallest absolute Gasteiger partial charge is 0.262 e. The number of fused-ring (bicyclic) bond motifs is 1. The van der Waals surface area contributed by atoms with Gasteiger partial charge in [-0.25, -0.2) is 9.97 Å². The van der Waals surface area contributed by atoms with Crippen LogP contribution < -0.4 is 15.0 Å². The first-order valence-corrected chi connectivity index (χ1v) is 11.9. The highest BCUT2D eigenvalue weighted by Gasteiger charge is 2.16. The summed E-state index contributed by atoms with van der Waals surface area (Å²) in [6.07, 6.45) is 1.69. The number of rotatable bonds is 8. The van der Waals surface area contributed by atoms with Gasteiger partial charge in [-0.1, -0.05) is 35.5 Å². The number of ether oxygens (including phenoxy) is 2. The Morgan fingerprint density at radius 1 is 1.22 bits per heavy atom. The van der Waals surface area contributed by atoms with Crippen LogP contribution in [0.2, 0.25) is 5.02 Å². The summed E-state index contributed by atoms with van der Waals surface area (Å²) < 4.78 is 12.5. The quantitative estimate of drug-likeness (QED) is 0.182. The van der Waals surface area contributed by atoms with Gasteiger partial charge in [0.1, 0.15) is 5.01 Å². The molecule has 4 rings (SSSR count). The molecule has 2 aromatic carbocycles. The summed E-state index contributed by atoms with van der Waals surface area (Å²) in [4.78, 5) is 22.4. The number of hydrogen-bond donors (Lipinski definition) is 0. The van der Waals surface area contributed by atoms with Crippen molar-refractivity contribution in [3.8, 4) is 22.1 Å². The third kappa shape index (κ3) is 4.39. The van der Waals surface area contributed by atoms with Gasteiger partial charge in [-0.05, 0) is 30.3 Å². The molecule has 0 fully saturated rings. The molecule has 0 aliphatic rings. The number of methoxy groups -OCH3 is 2. The Morgan fingerprint density at radius 3 is 2.81 bits per heavy atom. The Hall–Kier alpha value is -2.81. The molecule has 0 saturated carbocycles. The van der Waals surface area contributed by atoms with E-state index in [4.69, 9.17) is 26.1 Å². The summed E-state index contributed by atoms with van der Waals surface area (Å²) in [6, 6.07) is 10.8. The minimum absolute atomic E-state index is 0.117. The molecule has 2 heterocycles. The van der Waals surface area contributed by atoms with Gasteiger partial charge < -0.3 is 9.47 Å². The molecule has 0 bridgehead atoms. The second kappa shape index (κ2) is 9.77. The lowest BCUT2D eigenvalue weighted by Crippen LogP contribution is -2.22. The van der Waals surface area contributed by atoms with Gasteiger partial charge in [-0.3, -0.25) is 9.36 Å². The summed E-state index contributed by atoms with van der Waals surface area (Å²) in [7, 11) is 3.22. The molecule has 0 aliphatic carbocycles. The van der Waals surface area contributed by atoms with Crippen molar-refractivity contribution in [2.75, 3.05) is 14.2 Å². The molecule has 2 aromatic heterocycles. The van der Waals surface area contributed by atoms with E-state index in [2.05, 4.69) is 11.6 Å². The van der Waals surface area contributed by atoms with Crippen molar-refractivity contribution in [1.82, 2.24) is 14.5 Å². The van der Waals surface area contributed by atoms with Crippen molar-refractivity contribution in [1.29, 1.82) is 0 Å². The summed E-state index contributed by atoms with van der Waals surface area (Å²) in [5.41, 5.74) is 2.21. The number of para-hydroxylation sites is 1. The van der Waals surface area contributed by atoms with Crippen LogP contribution in [0.4, 0.5) is 0 Å². The molecular formula is C23H20ClN3O3S2. The van der Waals surface area contributed by atoms with E-state index in [1.807, 2.05) is 23.6 Å². The van der Waals surface area contributed by atoms with E-state index in [9.17, 15) is 4.79 Å². The van der Waals surface area contributed by atoms with Crippen LogP contribution in [-0.4, -0.2) is 28.8 Å². The molecule has 0 unspecified atom stereocenters. The minimum atomic E-state index is -0.117. The Kier molecular flexibility index (Phi) is 6.83. The maximum Gasteiger partial charge on any atom is 0.262 e. The number of allylic oxidation sites excluding steroid dienone is 1. The van der Waals surface area contributed by atoms with E-state index in [1.54, 1.807) is 43.1 Å². The van der Waals surface area contributed by atoms with Crippen LogP contribution in [0.3, 0.4) is 0 Å². The van der Waals surface area contributed by atoms with E-state index in [1.165, 1.54) is 23.1 Å². The van der Waals surface area contributed by atoms with Crippen molar-refractivity contribution in [2.24, 2.45) is 0 Å². The second-order valence-electron chi connectivity index (χ2n) is 6.73. The first kappa shape index (κ1) is 22.4. The summed E-state index contributed by atoms with van der Waals surface area (Å²) in [5, 5.41) is 4.49. The molecule has 9 heteroatoms. The molecule has 0 spiro atoms. The summed E-state index contributed by atoms with van der Waals surface area (Å²) in [6.45, 7) is 4.14. The zero-order valence-electron chi connectivity index (χ0n) is 17.5. The van der Waals surface area contributed by atoms with E-state index in [0.29, 0.717) is 44.9 Å². The Balaban J connectivity index is 1.64. The van der Waals surface area contributed by atoms with Gasteiger partial charge in [0.25, 0.3) is 5.56 Å². The molecular weight excluding hydrogens is 466 g/mol. The Morgan fingerprint density at radius 2 is 2.06 bits per heavy atom. The van der Waals surface area contributed by atoms with Crippen LogP contribution in [0.15, 0.2) is 64.4 Å².